The molecule has 0 rings (SSSR count). The fraction of sp³-hybridized carbons (Fsp3) is 0.818. The van der Waals surface area contributed by atoms with E-state index in [0.717, 1.165) is 0 Å². The lowest BCUT2D eigenvalue weighted by atomic mass is 10.0. The van der Waals surface area contributed by atoms with Crippen molar-refractivity contribution < 1.29 is 19.1 Å². The Morgan fingerprint density at radius 1 is 1.00 bits per heavy atom. The zero-order valence-corrected chi connectivity index (χ0v) is 10.1. The minimum absolute atomic E-state index is 0.197. The number of hydrogen-bond acceptors (Lipinski definition) is 4. The molecule has 0 aromatic heterocycles. The van der Waals surface area contributed by atoms with Gasteiger partial charge >= 0.3 is 11.9 Å². The first-order valence-electron chi connectivity index (χ1n) is 5.17. The molecule has 0 saturated carbocycles. The van der Waals surface area contributed by atoms with E-state index in [1.54, 1.807) is 6.92 Å². The maximum absolute atomic E-state index is 10.8. The van der Waals surface area contributed by atoms with Crippen LogP contribution in [-0.4, -0.2) is 24.1 Å². The molecule has 0 aliphatic rings. The van der Waals surface area contributed by atoms with Crippen LogP contribution >= 0.6 is 0 Å². The van der Waals surface area contributed by atoms with Gasteiger partial charge in [0.15, 0.2) is 0 Å². The fourth-order valence-corrected chi connectivity index (χ4v) is 1.33. The van der Waals surface area contributed by atoms with E-state index in [9.17, 15) is 9.59 Å². The molecule has 0 aliphatic carbocycles. The van der Waals surface area contributed by atoms with Gasteiger partial charge in [-0.25, -0.2) is 0 Å². The summed E-state index contributed by atoms with van der Waals surface area (Å²) in [6.45, 7) is 8.47. The van der Waals surface area contributed by atoms with Crippen LogP contribution in [0.2, 0.25) is 0 Å². The van der Waals surface area contributed by atoms with Gasteiger partial charge in [0, 0.05) is 20.3 Å². The third-order valence-corrected chi connectivity index (χ3v) is 1.99. The quantitative estimate of drug-likeness (QED) is 0.659. The summed E-state index contributed by atoms with van der Waals surface area (Å²) in [6, 6.07) is 0. The molecule has 0 bridgehead atoms. The number of hydrogen-bond donors (Lipinski definition) is 0. The van der Waals surface area contributed by atoms with Gasteiger partial charge in [0.25, 0.3) is 0 Å². The van der Waals surface area contributed by atoms with E-state index in [-0.39, 0.29) is 30.1 Å². The van der Waals surface area contributed by atoms with Gasteiger partial charge in [-0.05, 0) is 12.8 Å². The van der Waals surface area contributed by atoms with Crippen molar-refractivity contribution in [3.63, 3.8) is 0 Å². The first-order chi connectivity index (χ1) is 6.82. The summed E-state index contributed by atoms with van der Waals surface area (Å²) in [5.41, 5.74) is 0. The first kappa shape index (κ1) is 13.9. The van der Waals surface area contributed by atoms with Gasteiger partial charge in [-0.3, -0.25) is 9.59 Å². The zero-order valence-electron chi connectivity index (χ0n) is 10.1. The molecule has 0 fully saturated rings. The second-order valence-corrected chi connectivity index (χ2v) is 4.05. The van der Waals surface area contributed by atoms with Crippen molar-refractivity contribution in [1.82, 2.24) is 0 Å². The molecule has 2 unspecified atom stereocenters. The average Bonchev–Trinajstić information content (AvgIpc) is 1.99. The van der Waals surface area contributed by atoms with Crippen molar-refractivity contribution in [3.8, 4) is 0 Å². The summed E-state index contributed by atoms with van der Waals surface area (Å²) in [5.74, 6) is -0.400. The minimum atomic E-state index is -0.312. The van der Waals surface area contributed by atoms with Crippen LogP contribution in [0, 0.1) is 5.92 Å². The Morgan fingerprint density at radius 3 is 1.80 bits per heavy atom. The van der Waals surface area contributed by atoms with E-state index in [2.05, 4.69) is 0 Å². The summed E-state index contributed by atoms with van der Waals surface area (Å²) in [5, 5.41) is 0. The van der Waals surface area contributed by atoms with Gasteiger partial charge in [0.1, 0.15) is 12.2 Å². The lowest BCUT2D eigenvalue weighted by molar-refractivity contribution is -0.153. The molecule has 0 aliphatic heterocycles. The van der Waals surface area contributed by atoms with E-state index in [4.69, 9.17) is 9.47 Å². The highest BCUT2D eigenvalue weighted by Crippen LogP contribution is 2.15. The Bertz CT molecular complexity index is 223. The van der Waals surface area contributed by atoms with Crippen molar-refractivity contribution in [3.05, 3.63) is 0 Å². The van der Waals surface area contributed by atoms with Gasteiger partial charge in [0.2, 0.25) is 0 Å². The van der Waals surface area contributed by atoms with E-state index >= 15 is 0 Å². The van der Waals surface area contributed by atoms with Gasteiger partial charge < -0.3 is 9.47 Å². The SMILES string of the molecule is CC(=O)OC(C)CC(OC(C)=O)C(C)C. The van der Waals surface area contributed by atoms with E-state index < -0.39 is 0 Å². The summed E-state index contributed by atoms with van der Waals surface area (Å²) in [6.07, 6.45) is 0.114. The molecule has 4 nitrogen and oxygen atoms in total. The summed E-state index contributed by atoms with van der Waals surface area (Å²) in [4.78, 5) is 21.5. The van der Waals surface area contributed by atoms with Gasteiger partial charge in [-0.2, -0.15) is 0 Å². The molecule has 0 aromatic carbocycles. The molecule has 2 atom stereocenters. The third-order valence-electron chi connectivity index (χ3n) is 1.99. The van der Waals surface area contributed by atoms with Crippen LogP contribution < -0.4 is 0 Å². The second-order valence-electron chi connectivity index (χ2n) is 4.05. The first-order valence-corrected chi connectivity index (χ1v) is 5.17. The van der Waals surface area contributed by atoms with Crippen molar-refractivity contribution in [2.75, 3.05) is 0 Å². The van der Waals surface area contributed by atoms with Crippen LogP contribution in [0.25, 0.3) is 0 Å². The second kappa shape index (κ2) is 6.43. The Labute approximate surface area is 90.9 Å². The zero-order chi connectivity index (χ0) is 12.0. The number of carbonyl (C=O) groups excluding carboxylic acids is 2. The Morgan fingerprint density at radius 2 is 1.47 bits per heavy atom. The molecule has 0 radical (unpaired) electrons. The maximum Gasteiger partial charge on any atom is 0.302 e. The Hall–Kier alpha value is -1.06. The number of rotatable bonds is 5. The molecule has 0 N–H and O–H groups in total. The topological polar surface area (TPSA) is 52.6 Å². The van der Waals surface area contributed by atoms with Crippen molar-refractivity contribution in [1.29, 1.82) is 0 Å². The highest BCUT2D eigenvalue weighted by molar-refractivity contribution is 5.66. The van der Waals surface area contributed by atoms with Crippen LogP contribution in [-0.2, 0) is 19.1 Å². The molecule has 15 heavy (non-hydrogen) atoms. The summed E-state index contributed by atoms with van der Waals surface area (Å²) in [7, 11) is 0. The Kier molecular flexibility index (Phi) is 5.97. The molecule has 0 saturated heterocycles. The maximum atomic E-state index is 10.8. The minimum Gasteiger partial charge on any atom is -0.463 e. The molecule has 0 spiro atoms. The van der Waals surface area contributed by atoms with Gasteiger partial charge in [-0.15, -0.1) is 0 Å². The van der Waals surface area contributed by atoms with E-state index in [1.165, 1.54) is 13.8 Å². The number of ether oxygens (including phenoxy) is 2. The largest absolute Gasteiger partial charge is 0.463 e. The van der Waals surface area contributed by atoms with Crippen LogP contribution in [0.15, 0.2) is 0 Å². The van der Waals surface area contributed by atoms with E-state index in [1.807, 2.05) is 13.8 Å². The molecule has 0 heterocycles. The predicted molar refractivity (Wildman–Crippen MR) is 56.2 cm³/mol. The third kappa shape index (κ3) is 6.94. The summed E-state index contributed by atoms with van der Waals surface area (Å²) >= 11 is 0. The van der Waals surface area contributed by atoms with Crippen molar-refractivity contribution in [2.45, 2.75) is 53.2 Å². The van der Waals surface area contributed by atoms with Crippen LogP contribution in [0.3, 0.4) is 0 Å². The lowest BCUT2D eigenvalue weighted by Gasteiger charge is -2.23. The van der Waals surface area contributed by atoms with Crippen molar-refractivity contribution >= 4 is 11.9 Å². The highest BCUT2D eigenvalue weighted by Gasteiger charge is 2.20. The molecule has 4 heteroatoms. The van der Waals surface area contributed by atoms with Crippen LogP contribution in [0.4, 0.5) is 0 Å². The predicted octanol–water partition coefficient (Wildman–Crippen LogP) is 1.92. The normalized spacial score (nSPS) is 14.5. The van der Waals surface area contributed by atoms with Crippen LogP contribution in [0.1, 0.15) is 41.0 Å². The highest BCUT2D eigenvalue weighted by atomic mass is 16.6. The standard InChI is InChI=1S/C11H20O4/c1-7(2)11(15-10(5)13)6-8(3)14-9(4)12/h7-8,11H,6H2,1-5H3. The monoisotopic (exact) mass is 216 g/mol. The molecular formula is C11H20O4. The molecule has 0 amide bonds. The summed E-state index contributed by atoms with van der Waals surface area (Å²) < 4.78 is 10.1. The molecular weight excluding hydrogens is 196 g/mol. The average molecular weight is 216 g/mol. The van der Waals surface area contributed by atoms with Gasteiger partial charge in [0.05, 0.1) is 0 Å². The molecule has 0 aromatic rings. The number of carbonyl (C=O) groups is 2. The molecule has 88 valence electrons. The van der Waals surface area contributed by atoms with E-state index in [0.29, 0.717) is 6.42 Å². The number of esters is 2. The Balaban J connectivity index is 4.15. The lowest BCUT2D eigenvalue weighted by Crippen LogP contribution is -2.28. The smallest absolute Gasteiger partial charge is 0.302 e. The fourth-order valence-electron chi connectivity index (χ4n) is 1.33. The van der Waals surface area contributed by atoms with Crippen LogP contribution in [0.5, 0.6) is 0 Å². The van der Waals surface area contributed by atoms with Gasteiger partial charge in [-0.1, -0.05) is 13.8 Å². The van der Waals surface area contributed by atoms with Crippen molar-refractivity contribution in [2.24, 2.45) is 5.92 Å².